The van der Waals surface area contributed by atoms with Crippen LogP contribution in [0, 0.1) is 6.92 Å². The second-order valence-electron chi connectivity index (χ2n) is 5.63. The van der Waals surface area contributed by atoms with Crippen molar-refractivity contribution in [2.75, 3.05) is 12.4 Å². The van der Waals surface area contributed by atoms with Crippen molar-refractivity contribution in [1.29, 1.82) is 0 Å². The number of hydrogen-bond donors (Lipinski definition) is 1. The fourth-order valence-corrected chi connectivity index (χ4v) is 1.42. The number of hydrogen-bond acceptors (Lipinski definition) is 4. The third kappa shape index (κ3) is 3.74. The SMILES string of the molecule is CNc1nc(C(C)(C)C)nc(OC(C)C(F)(F)F)c1C. The summed E-state index contributed by atoms with van der Waals surface area (Å²) < 4.78 is 42.8. The van der Waals surface area contributed by atoms with E-state index in [0.29, 0.717) is 17.2 Å². The van der Waals surface area contributed by atoms with Crippen molar-refractivity contribution in [1.82, 2.24) is 9.97 Å². The maximum absolute atomic E-state index is 12.6. The fraction of sp³-hybridized carbons (Fsp3) is 0.692. The molecule has 0 bridgehead atoms. The molecule has 1 unspecified atom stereocenters. The number of nitrogens with zero attached hydrogens (tertiary/aromatic N) is 2. The van der Waals surface area contributed by atoms with Crippen molar-refractivity contribution in [3.8, 4) is 5.88 Å². The predicted molar refractivity (Wildman–Crippen MR) is 71.2 cm³/mol. The van der Waals surface area contributed by atoms with Crippen molar-refractivity contribution >= 4 is 5.82 Å². The Morgan fingerprint density at radius 3 is 2.10 bits per heavy atom. The molecule has 0 radical (unpaired) electrons. The van der Waals surface area contributed by atoms with Crippen molar-refractivity contribution in [3.05, 3.63) is 11.4 Å². The molecule has 1 aromatic heterocycles. The van der Waals surface area contributed by atoms with E-state index in [1.54, 1.807) is 14.0 Å². The number of halogens is 3. The van der Waals surface area contributed by atoms with E-state index in [4.69, 9.17) is 4.74 Å². The normalized spacial score (nSPS) is 14.1. The molecule has 1 atom stereocenters. The van der Waals surface area contributed by atoms with Gasteiger partial charge in [0.15, 0.2) is 6.10 Å². The van der Waals surface area contributed by atoms with Crippen LogP contribution in [0.4, 0.5) is 19.0 Å². The Kier molecular flexibility index (Phi) is 4.51. The zero-order chi connectivity index (χ0) is 15.7. The molecule has 0 aliphatic heterocycles. The van der Waals surface area contributed by atoms with E-state index in [1.165, 1.54) is 0 Å². The first kappa shape index (κ1) is 16.5. The monoisotopic (exact) mass is 291 g/mol. The minimum absolute atomic E-state index is 0.0425. The largest absolute Gasteiger partial charge is 0.465 e. The van der Waals surface area contributed by atoms with E-state index < -0.39 is 12.3 Å². The lowest BCUT2D eigenvalue weighted by Crippen LogP contribution is -2.32. The first-order valence-corrected chi connectivity index (χ1v) is 6.27. The van der Waals surface area contributed by atoms with Crippen molar-refractivity contribution < 1.29 is 17.9 Å². The highest BCUT2D eigenvalue weighted by Crippen LogP contribution is 2.30. The molecule has 7 heteroatoms. The number of rotatable bonds is 3. The van der Waals surface area contributed by atoms with Crippen molar-refractivity contribution in [3.63, 3.8) is 0 Å². The highest BCUT2D eigenvalue weighted by Gasteiger charge is 2.39. The highest BCUT2D eigenvalue weighted by molar-refractivity contribution is 5.48. The summed E-state index contributed by atoms with van der Waals surface area (Å²) >= 11 is 0. The van der Waals surface area contributed by atoms with Crippen LogP contribution in [-0.2, 0) is 5.41 Å². The minimum atomic E-state index is -4.43. The second-order valence-corrected chi connectivity index (χ2v) is 5.63. The fourth-order valence-electron chi connectivity index (χ4n) is 1.42. The van der Waals surface area contributed by atoms with Gasteiger partial charge in [0, 0.05) is 12.5 Å². The number of alkyl halides is 3. The molecule has 1 rings (SSSR count). The molecule has 0 saturated carbocycles. The second kappa shape index (κ2) is 5.46. The molecule has 0 aliphatic carbocycles. The summed E-state index contributed by atoms with van der Waals surface area (Å²) in [6.07, 6.45) is -6.35. The Bertz CT molecular complexity index is 481. The minimum Gasteiger partial charge on any atom is -0.465 e. The Labute approximate surface area is 116 Å². The van der Waals surface area contributed by atoms with Gasteiger partial charge in [0.2, 0.25) is 5.88 Å². The molecule has 0 aromatic carbocycles. The summed E-state index contributed by atoms with van der Waals surface area (Å²) in [6, 6.07) is 0. The Morgan fingerprint density at radius 2 is 1.70 bits per heavy atom. The van der Waals surface area contributed by atoms with Crippen LogP contribution < -0.4 is 10.1 Å². The molecule has 1 heterocycles. The van der Waals surface area contributed by atoms with Crippen molar-refractivity contribution in [2.45, 2.75) is 52.3 Å². The van der Waals surface area contributed by atoms with Gasteiger partial charge in [-0.1, -0.05) is 20.8 Å². The van der Waals surface area contributed by atoms with Crippen LogP contribution in [0.5, 0.6) is 5.88 Å². The van der Waals surface area contributed by atoms with Gasteiger partial charge in [-0.2, -0.15) is 18.2 Å². The first-order valence-electron chi connectivity index (χ1n) is 6.27. The van der Waals surface area contributed by atoms with E-state index in [9.17, 15) is 13.2 Å². The summed E-state index contributed by atoms with van der Waals surface area (Å²) in [5, 5.41) is 2.85. The molecule has 0 spiro atoms. The summed E-state index contributed by atoms with van der Waals surface area (Å²) in [7, 11) is 1.65. The van der Waals surface area contributed by atoms with Gasteiger partial charge in [-0.15, -0.1) is 0 Å². The zero-order valence-electron chi connectivity index (χ0n) is 12.5. The molecule has 0 fully saturated rings. The number of anilines is 1. The molecular formula is C13H20F3N3O. The van der Waals surface area contributed by atoms with Crippen LogP contribution in [0.3, 0.4) is 0 Å². The molecule has 1 aromatic rings. The molecule has 1 N–H and O–H groups in total. The van der Waals surface area contributed by atoms with E-state index in [1.807, 2.05) is 20.8 Å². The number of aromatic nitrogens is 2. The predicted octanol–water partition coefficient (Wildman–Crippen LogP) is 3.45. The van der Waals surface area contributed by atoms with E-state index in [0.717, 1.165) is 6.92 Å². The molecule has 4 nitrogen and oxygen atoms in total. The number of nitrogens with one attached hydrogen (secondary N) is 1. The topological polar surface area (TPSA) is 47.0 Å². The lowest BCUT2D eigenvalue weighted by molar-refractivity contribution is -0.190. The van der Waals surface area contributed by atoms with Gasteiger partial charge in [0.1, 0.15) is 11.6 Å². The van der Waals surface area contributed by atoms with Gasteiger partial charge in [-0.3, -0.25) is 0 Å². The Morgan fingerprint density at radius 1 is 1.15 bits per heavy atom. The van der Waals surface area contributed by atoms with E-state index in [2.05, 4.69) is 15.3 Å². The summed E-state index contributed by atoms with van der Waals surface area (Å²) in [5.41, 5.74) is 0.0652. The molecule has 20 heavy (non-hydrogen) atoms. The van der Waals surface area contributed by atoms with Crippen LogP contribution in [0.15, 0.2) is 0 Å². The Hall–Kier alpha value is -1.53. The smallest absolute Gasteiger partial charge is 0.425 e. The van der Waals surface area contributed by atoms with Crippen LogP contribution in [0.25, 0.3) is 0 Å². The Balaban J connectivity index is 3.25. The maximum Gasteiger partial charge on any atom is 0.425 e. The summed E-state index contributed by atoms with van der Waals surface area (Å²) in [5.74, 6) is 0.852. The van der Waals surface area contributed by atoms with Gasteiger partial charge in [-0.05, 0) is 13.8 Å². The van der Waals surface area contributed by atoms with Gasteiger partial charge in [-0.25, -0.2) is 4.98 Å². The van der Waals surface area contributed by atoms with E-state index in [-0.39, 0.29) is 11.3 Å². The summed E-state index contributed by atoms with van der Waals surface area (Å²) in [4.78, 5) is 8.44. The van der Waals surface area contributed by atoms with Crippen LogP contribution >= 0.6 is 0 Å². The lowest BCUT2D eigenvalue weighted by Gasteiger charge is -2.22. The molecule has 0 amide bonds. The van der Waals surface area contributed by atoms with Gasteiger partial charge in [0.25, 0.3) is 0 Å². The number of ether oxygens (including phenoxy) is 1. The third-order valence-electron chi connectivity index (χ3n) is 2.76. The van der Waals surface area contributed by atoms with Gasteiger partial charge >= 0.3 is 6.18 Å². The van der Waals surface area contributed by atoms with E-state index >= 15 is 0 Å². The van der Waals surface area contributed by atoms with Crippen molar-refractivity contribution in [2.24, 2.45) is 0 Å². The quantitative estimate of drug-likeness (QED) is 0.926. The highest BCUT2D eigenvalue weighted by atomic mass is 19.4. The molecule has 0 aliphatic rings. The third-order valence-corrected chi connectivity index (χ3v) is 2.76. The standard InChI is InChI=1S/C13H20F3N3O/c1-7-9(17-6)18-11(12(3,4)5)19-10(7)20-8(2)13(14,15)16/h8H,1-6H3,(H,17,18,19). The summed E-state index contributed by atoms with van der Waals surface area (Å²) in [6.45, 7) is 8.23. The average Bonchev–Trinajstić information content (AvgIpc) is 2.28. The first-order chi connectivity index (χ1) is 8.96. The van der Waals surface area contributed by atoms with Crippen LogP contribution in [0.2, 0.25) is 0 Å². The molecule has 114 valence electrons. The maximum atomic E-state index is 12.6. The zero-order valence-corrected chi connectivity index (χ0v) is 12.5. The van der Waals surface area contributed by atoms with Gasteiger partial charge < -0.3 is 10.1 Å². The van der Waals surface area contributed by atoms with Crippen LogP contribution in [0.1, 0.15) is 39.1 Å². The lowest BCUT2D eigenvalue weighted by atomic mass is 9.95. The molecule has 0 saturated heterocycles. The average molecular weight is 291 g/mol. The van der Waals surface area contributed by atoms with Gasteiger partial charge in [0.05, 0.1) is 5.56 Å². The molecular weight excluding hydrogens is 271 g/mol. The van der Waals surface area contributed by atoms with Crippen LogP contribution in [-0.4, -0.2) is 29.3 Å².